The lowest BCUT2D eigenvalue weighted by Gasteiger charge is -2.39. The van der Waals surface area contributed by atoms with E-state index in [1.165, 1.54) is 0 Å². The van der Waals surface area contributed by atoms with Crippen LogP contribution in [-0.2, 0) is 4.79 Å². The third-order valence-corrected chi connectivity index (χ3v) is 2.62. The second-order valence-corrected chi connectivity index (χ2v) is 4.35. The van der Waals surface area contributed by atoms with Gasteiger partial charge in [-0.1, -0.05) is 0 Å². The molecular formula is C9H6F13NO2. The summed E-state index contributed by atoms with van der Waals surface area (Å²) in [7, 11) is 0. The fraction of sp³-hybridized carbons (Fsp3) is 0.889. The van der Waals surface area contributed by atoms with Gasteiger partial charge in [-0.2, -0.15) is 57.1 Å². The first-order chi connectivity index (χ1) is 10.7. The molecule has 0 fully saturated rings. The van der Waals surface area contributed by atoms with Gasteiger partial charge in [-0.05, 0) is 0 Å². The van der Waals surface area contributed by atoms with Crippen LogP contribution in [0.4, 0.5) is 57.1 Å². The number of halogens is 13. The van der Waals surface area contributed by atoms with Crippen molar-refractivity contribution < 1.29 is 67.0 Å². The summed E-state index contributed by atoms with van der Waals surface area (Å²) in [4.78, 5) is 10.7. The molecule has 0 saturated carbocycles. The van der Waals surface area contributed by atoms with E-state index in [0.717, 1.165) is 0 Å². The van der Waals surface area contributed by atoms with Crippen LogP contribution in [0.5, 0.6) is 0 Å². The minimum absolute atomic E-state index is 0.664. The summed E-state index contributed by atoms with van der Waals surface area (Å²) in [6, 6.07) is 0. The second-order valence-electron chi connectivity index (χ2n) is 4.35. The normalized spacial score (nSPS) is 15.3. The average molecular weight is 407 g/mol. The predicted octanol–water partition coefficient (Wildman–Crippen LogP) is 2.83. The van der Waals surface area contributed by atoms with Crippen LogP contribution in [-0.4, -0.2) is 60.0 Å². The Labute approximate surface area is 128 Å². The molecule has 0 radical (unpaired) electrons. The number of hydrogen-bond donors (Lipinski definition) is 2. The quantitative estimate of drug-likeness (QED) is 0.638. The summed E-state index contributed by atoms with van der Waals surface area (Å²) in [5.41, 5.74) is 0. The largest absolute Gasteiger partial charge is 0.460 e. The first-order valence-electron chi connectivity index (χ1n) is 5.58. The van der Waals surface area contributed by atoms with Gasteiger partial charge in [-0.3, -0.25) is 4.79 Å². The molecule has 0 spiro atoms. The fourth-order valence-corrected chi connectivity index (χ4v) is 1.19. The average Bonchev–Trinajstić information content (AvgIpc) is 2.42. The summed E-state index contributed by atoms with van der Waals surface area (Å²) >= 11 is 0. The number of hydrogen-bond acceptors (Lipinski definition) is 2. The Bertz CT molecular complexity index is 498. The molecule has 25 heavy (non-hydrogen) atoms. The van der Waals surface area contributed by atoms with Gasteiger partial charge in [0.15, 0.2) is 0 Å². The number of carbonyl (C=O) groups excluding carboxylic acids is 1. The Morgan fingerprint density at radius 2 is 1.04 bits per heavy atom. The lowest BCUT2D eigenvalue weighted by Crippen LogP contribution is -2.72. The first kappa shape index (κ1) is 23.5. The number of carbonyl (C=O) groups is 1. The Morgan fingerprint density at radius 3 is 1.36 bits per heavy atom. The van der Waals surface area contributed by atoms with Gasteiger partial charge in [0, 0.05) is 6.54 Å². The van der Waals surface area contributed by atoms with Crippen molar-refractivity contribution in [3.05, 3.63) is 0 Å². The van der Waals surface area contributed by atoms with Crippen molar-refractivity contribution in [2.24, 2.45) is 0 Å². The van der Waals surface area contributed by atoms with E-state index in [2.05, 4.69) is 0 Å². The molecule has 3 nitrogen and oxygen atoms in total. The molecule has 16 heteroatoms. The van der Waals surface area contributed by atoms with Crippen molar-refractivity contribution in [2.75, 3.05) is 13.2 Å². The highest BCUT2D eigenvalue weighted by Crippen LogP contribution is 2.60. The molecule has 0 aliphatic heterocycles. The number of alkyl halides is 13. The molecule has 0 saturated heterocycles. The molecule has 0 aromatic rings. The topological polar surface area (TPSA) is 49.3 Å². The van der Waals surface area contributed by atoms with E-state index in [9.17, 15) is 61.9 Å². The zero-order chi connectivity index (χ0) is 20.7. The monoisotopic (exact) mass is 407 g/mol. The molecule has 150 valence electrons. The van der Waals surface area contributed by atoms with Crippen molar-refractivity contribution >= 4 is 5.91 Å². The molecule has 1 amide bonds. The maximum Gasteiger partial charge on any atom is 0.460 e. The van der Waals surface area contributed by atoms with E-state index in [1.54, 1.807) is 0 Å². The molecule has 0 aromatic heterocycles. The van der Waals surface area contributed by atoms with Crippen molar-refractivity contribution in [2.45, 2.75) is 35.8 Å². The molecule has 0 atom stereocenters. The lowest BCUT2D eigenvalue weighted by atomic mass is 9.93. The van der Waals surface area contributed by atoms with Gasteiger partial charge in [0.25, 0.3) is 5.91 Å². The van der Waals surface area contributed by atoms with Crippen molar-refractivity contribution in [1.82, 2.24) is 5.32 Å². The van der Waals surface area contributed by atoms with Crippen molar-refractivity contribution in [1.29, 1.82) is 0 Å². The highest BCUT2D eigenvalue weighted by molar-refractivity contribution is 5.84. The van der Waals surface area contributed by atoms with E-state index < -0.39 is 54.8 Å². The molecule has 0 bridgehead atoms. The van der Waals surface area contributed by atoms with E-state index in [4.69, 9.17) is 5.11 Å². The van der Waals surface area contributed by atoms with Crippen LogP contribution in [0.15, 0.2) is 0 Å². The summed E-state index contributed by atoms with van der Waals surface area (Å²) in [5, 5.41) is 8.79. The lowest BCUT2D eigenvalue weighted by molar-refractivity contribution is -0.436. The molecular weight excluding hydrogens is 401 g/mol. The van der Waals surface area contributed by atoms with E-state index in [0.29, 0.717) is 5.32 Å². The molecule has 0 aromatic carbocycles. The molecule has 0 rings (SSSR count). The third kappa shape index (κ3) is 3.31. The minimum atomic E-state index is -8.05. The fourth-order valence-electron chi connectivity index (χ4n) is 1.19. The number of nitrogens with one attached hydrogen (secondary N) is 1. The molecule has 0 aliphatic carbocycles. The van der Waals surface area contributed by atoms with Gasteiger partial charge in [-0.15, -0.1) is 0 Å². The van der Waals surface area contributed by atoms with Crippen molar-refractivity contribution in [3.63, 3.8) is 0 Å². The van der Waals surface area contributed by atoms with Crippen LogP contribution >= 0.6 is 0 Å². The molecule has 0 unspecified atom stereocenters. The van der Waals surface area contributed by atoms with Crippen LogP contribution in [0.3, 0.4) is 0 Å². The Kier molecular flexibility index (Phi) is 5.98. The molecule has 0 aliphatic rings. The number of aliphatic hydroxyl groups is 1. The Balaban J connectivity index is 6.16. The maximum atomic E-state index is 13.1. The summed E-state index contributed by atoms with van der Waals surface area (Å²) < 4.78 is 164. The van der Waals surface area contributed by atoms with Gasteiger partial charge >= 0.3 is 35.8 Å². The smallest absolute Gasteiger partial charge is 0.395 e. The van der Waals surface area contributed by atoms with Crippen LogP contribution in [0, 0.1) is 0 Å². The highest BCUT2D eigenvalue weighted by Gasteiger charge is 2.91. The predicted molar refractivity (Wildman–Crippen MR) is 50.9 cm³/mol. The van der Waals surface area contributed by atoms with Crippen LogP contribution in [0.2, 0.25) is 0 Å². The standard InChI is InChI=1S/C9H6F13NO2/c10-4(11,3(25)23-1-2-24)5(12,13)6(14,15)7(16,17)8(18,19)9(20,21)22/h24H,1-2H2,(H,23,25). The second kappa shape index (κ2) is 6.35. The number of rotatable bonds is 7. The van der Waals surface area contributed by atoms with Gasteiger partial charge in [-0.25, -0.2) is 0 Å². The summed E-state index contributed by atoms with van der Waals surface area (Å²) in [6.07, 6.45) is -7.51. The number of amides is 1. The Hall–Kier alpha value is -1.48. The highest BCUT2D eigenvalue weighted by atomic mass is 19.4. The van der Waals surface area contributed by atoms with Crippen LogP contribution in [0.25, 0.3) is 0 Å². The van der Waals surface area contributed by atoms with E-state index in [-0.39, 0.29) is 0 Å². The van der Waals surface area contributed by atoms with Gasteiger partial charge < -0.3 is 10.4 Å². The Morgan fingerprint density at radius 1 is 0.680 bits per heavy atom. The zero-order valence-corrected chi connectivity index (χ0v) is 11.2. The summed E-state index contributed by atoms with van der Waals surface area (Å²) in [5.74, 6) is -41.8. The van der Waals surface area contributed by atoms with E-state index >= 15 is 0 Å². The zero-order valence-electron chi connectivity index (χ0n) is 11.2. The molecule has 2 N–H and O–H groups in total. The first-order valence-corrected chi connectivity index (χ1v) is 5.58. The van der Waals surface area contributed by atoms with Gasteiger partial charge in [0.2, 0.25) is 0 Å². The van der Waals surface area contributed by atoms with Crippen LogP contribution in [0.1, 0.15) is 0 Å². The SMILES string of the molecule is O=C(NCCO)C(F)(F)C(F)(F)C(F)(F)C(F)(F)C(F)(F)C(F)(F)F. The van der Waals surface area contributed by atoms with Gasteiger partial charge in [0.05, 0.1) is 6.61 Å². The van der Waals surface area contributed by atoms with Crippen molar-refractivity contribution in [3.8, 4) is 0 Å². The minimum Gasteiger partial charge on any atom is -0.395 e. The van der Waals surface area contributed by atoms with E-state index in [1.807, 2.05) is 0 Å². The van der Waals surface area contributed by atoms with Gasteiger partial charge in [0.1, 0.15) is 0 Å². The maximum absolute atomic E-state index is 13.1. The molecule has 0 heterocycles. The number of aliphatic hydroxyl groups excluding tert-OH is 1. The summed E-state index contributed by atoms with van der Waals surface area (Å²) in [6.45, 7) is -2.49. The van der Waals surface area contributed by atoms with Crippen LogP contribution < -0.4 is 5.32 Å². The third-order valence-electron chi connectivity index (χ3n) is 2.62.